The van der Waals surface area contributed by atoms with Gasteiger partial charge in [-0.1, -0.05) is 41.4 Å². The molecule has 2 aromatic rings. The number of anilines is 2. The standard InChI is InChI=1S/C16H16Cl2N2O2/c1-2-22-14-9-4-3-7-12(14)20-15(21)10-19-13-8-5-6-11(17)16(13)18/h3-9,19H,2,10H2,1H3,(H,20,21). The van der Waals surface area contributed by atoms with Crippen LogP contribution in [0, 0.1) is 0 Å². The molecule has 0 saturated carbocycles. The summed E-state index contributed by atoms with van der Waals surface area (Å²) < 4.78 is 5.46. The second-order valence-corrected chi connectivity index (χ2v) is 5.22. The van der Waals surface area contributed by atoms with Crippen LogP contribution in [0.5, 0.6) is 5.75 Å². The minimum absolute atomic E-state index is 0.0700. The van der Waals surface area contributed by atoms with Crippen molar-refractivity contribution in [3.63, 3.8) is 0 Å². The van der Waals surface area contributed by atoms with Crippen LogP contribution in [0.1, 0.15) is 6.92 Å². The lowest BCUT2D eigenvalue weighted by molar-refractivity contribution is -0.114. The molecule has 6 heteroatoms. The molecule has 116 valence electrons. The normalized spacial score (nSPS) is 10.1. The predicted octanol–water partition coefficient (Wildman–Crippen LogP) is 4.44. The molecule has 22 heavy (non-hydrogen) atoms. The Balaban J connectivity index is 1.97. The zero-order valence-corrected chi connectivity index (χ0v) is 13.5. The van der Waals surface area contributed by atoms with Crippen LogP contribution in [0.3, 0.4) is 0 Å². The van der Waals surface area contributed by atoms with E-state index >= 15 is 0 Å². The molecule has 0 fully saturated rings. The fourth-order valence-electron chi connectivity index (χ4n) is 1.86. The van der Waals surface area contributed by atoms with Crippen molar-refractivity contribution >= 4 is 40.5 Å². The molecule has 0 bridgehead atoms. The highest BCUT2D eigenvalue weighted by Crippen LogP contribution is 2.29. The Labute approximate surface area is 139 Å². The summed E-state index contributed by atoms with van der Waals surface area (Å²) in [5.74, 6) is 0.433. The van der Waals surface area contributed by atoms with E-state index in [1.54, 1.807) is 30.3 Å². The van der Waals surface area contributed by atoms with Crippen LogP contribution in [0.2, 0.25) is 10.0 Å². The van der Waals surface area contributed by atoms with Crippen LogP contribution in [0.25, 0.3) is 0 Å². The second-order valence-electron chi connectivity index (χ2n) is 4.43. The fourth-order valence-corrected chi connectivity index (χ4v) is 2.23. The van der Waals surface area contributed by atoms with Gasteiger partial charge in [-0.15, -0.1) is 0 Å². The number of hydrogen-bond acceptors (Lipinski definition) is 3. The van der Waals surface area contributed by atoms with Gasteiger partial charge in [-0.3, -0.25) is 4.79 Å². The molecule has 2 N–H and O–H groups in total. The highest BCUT2D eigenvalue weighted by atomic mass is 35.5. The van der Waals surface area contributed by atoms with E-state index in [4.69, 9.17) is 27.9 Å². The van der Waals surface area contributed by atoms with Gasteiger partial charge < -0.3 is 15.4 Å². The summed E-state index contributed by atoms with van der Waals surface area (Å²) in [6, 6.07) is 12.5. The van der Waals surface area contributed by atoms with Crippen molar-refractivity contribution in [1.82, 2.24) is 0 Å². The van der Waals surface area contributed by atoms with E-state index in [1.807, 2.05) is 19.1 Å². The average Bonchev–Trinajstić information content (AvgIpc) is 2.51. The van der Waals surface area contributed by atoms with E-state index in [1.165, 1.54) is 0 Å². The summed E-state index contributed by atoms with van der Waals surface area (Å²) in [5, 5.41) is 6.59. The van der Waals surface area contributed by atoms with Crippen molar-refractivity contribution in [2.45, 2.75) is 6.92 Å². The number of amides is 1. The van der Waals surface area contributed by atoms with Gasteiger partial charge in [0.2, 0.25) is 5.91 Å². The maximum absolute atomic E-state index is 12.0. The minimum atomic E-state index is -0.205. The monoisotopic (exact) mass is 338 g/mol. The molecule has 0 saturated heterocycles. The van der Waals surface area contributed by atoms with Gasteiger partial charge in [0, 0.05) is 0 Å². The number of rotatable bonds is 6. The number of hydrogen-bond donors (Lipinski definition) is 2. The van der Waals surface area contributed by atoms with Crippen LogP contribution in [-0.4, -0.2) is 19.1 Å². The van der Waals surface area contributed by atoms with Crippen LogP contribution < -0.4 is 15.4 Å². The van der Waals surface area contributed by atoms with E-state index < -0.39 is 0 Å². The number of ether oxygens (including phenoxy) is 1. The van der Waals surface area contributed by atoms with Crippen molar-refractivity contribution in [3.05, 3.63) is 52.5 Å². The third-order valence-electron chi connectivity index (χ3n) is 2.85. The van der Waals surface area contributed by atoms with E-state index in [2.05, 4.69) is 10.6 Å². The predicted molar refractivity (Wildman–Crippen MR) is 91.2 cm³/mol. The zero-order valence-electron chi connectivity index (χ0n) is 12.0. The lowest BCUT2D eigenvalue weighted by Crippen LogP contribution is -2.22. The smallest absolute Gasteiger partial charge is 0.243 e. The van der Waals surface area contributed by atoms with Gasteiger partial charge in [0.25, 0.3) is 0 Å². The molecular formula is C16H16Cl2N2O2. The van der Waals surface area contributed by atoms with Gasteiger partial charge >= 0.3 is 0 Å². The summed E-state index contributed by atoms with van der Waals surface area (Å²) >= 11 is 12.0. The SMILES string of the molecule is CCOc1ccccc1NC(=O)CNc1cccc(Cl)c1Cl. The highest BCUT2D eigenvalue weighted by Gasteiger charge is 2.09. The van der Waals surface area contributed by atoms with Gasteiger partial charge in [-0.05, 0) is 31.2 Å². The highest BCUT2D eigenvalue weighted by molar-refractivity contribution is 6.43. The van der Waals surface area contributed by atoms with Crippen LogP contribution in [-0.2, 0) is 4.79 Å². The molecule has 0 radical (unpaired) electrons. The van der Waals surface area contributed by atoms with Crippen molar-refractivity contribution in [3.8, 4) is 5.75 Å². The van der Waals surface area contributed by atoms with Gasteiger partial charge in [-0.25, -0.2) is 0 Å². The number of carbonyl (C=O) groups is 1. The molecule has 2 rings (SSSR count). The van der Waals surface area contributed by atoms with E-state index in [0.29, 0.717) is 33.8 Å². The largest absolute Gasteiger partial charge is 0.492 e. The molecule has 0 spiro atoms. The van der Waals surface area contributed by atoms with E-state index in [-0.39, 0.29) is 12.5 Å². The van der Waals surface area contributed by atoms with Gasteiger partial charge in [-0.2, -0.15) is 0 Å². The molecule has 0 heterocycles. The van der Waals surface area contributed by atoms with Crippen LogP contribution in [0.4, 0.5) is 11.4 Å². The van der Waals surface area contributed by atoms with Crippen molar-refractivity contribution < 1.29 is 9.53 Å². The molecule has 0 unspecified atom stereocenters. The first-order valence-corrected chi connectivity index (χ1v) is 7.57. The second kappa shape index (κ2) is 7.92. The van der Waals surface area contributed by atoms with Gasteiger partial charge in [0.15, 0.2) is 0 Å². The number of benzene rings is 2. The lowest BCUT2D eigenvalue weighted by atomic mass is 10.3. The van der Waals surface area contributed by atoms with E-state index in [0.717, 1.165) is 0 Å². The Bertz CT molecular complexity index is 662. The summed E-state index contributed by atoms with van der Waals surface area (Å²) in [6.07, 6.45) is 0. The number of halogens is 2. The molecular weight excluding hydrogens is 323 g/mol. The van der Waals surface area contributed by atoms with Crippen LogP contribution in [0.15, 0.2) is 42.5 Å². The quantitative estimate of drug-likeness (QED) is 0.818. The first-order chi connectivity index (χ1) is 10.6. The Kier molecular flexibility index (Phi) is 5.92. The minimum Gasteiger partial charge on any atom is -0.492 e. The number of para-hydroxylation sites is 2. The Morgan fingerprint density at radius 1 is 1.09 bits per heavy atom. The first kappa shape index (κ1) is 16.5. The van der Waals surface area contributed by atoms with Crippen molar-refractivity contribution in [2.24, 2.45) is 0 Å². The molecule has 1 amide bonds. The lowest BCUT2D eigenvalue weighted by Gasteiger charge is -2.12. The molecule has 0 aliphatic carbocycles. The molecule has 2 aromatic carbocycles. The average molecular weight is 339 g/mol. The van der Waals surface area contributed by atoms with Crippen LogP contribution >= 0.6 is 23.2 Å². The maximum Gasteiger partial charge on any atom is 0.243 e. The Morgan fingerprint density at radius 2 is 1.82 bits per heavy atom. The summed E-state index contributed by atoms with van der Waals surface area (Å²) in [4.78, 5) is 12.0. The Morgan fingerprint density at radius 3 is 2.59 bits per heavy atom. The summed E-state index contributed by atoms with van der Waals surface area (Å²) in [6.45, 7) is 2.49. The number of nitrogens with one attached hydrogen (secondary N) is 2. The van der Waals surface area contributed by atoms with E-state index in [9.17, 15) is 4.79 Å². The molecule has 0 aliphatic heterocycles. The molecule has 0 atom stereocenters. The fraction of sp³-hybridized carbons (Fsp3) is 0.188. The topological polar surface area (TPSA) is 50.4 Å². The van der Waals surface area contributed by atoms with Crippen molar-refractivity contribution in [1.29, 1.82) is 0 Å². The Hall–Kier alpha value is -1.91. The first-order valence-electron chi connectivity index (χ1n) is 6.81. The summed E-state index contributed by atoms with van der Waals surface area (Å²) in [7, 11) is 0. The summed E-state index contributed by atoms with van der Waals surface area (Å²) in [5.41, 5.74) is 1.25. The zero-order chi connectivity index (χ0) is 15.9. The van der Waals surface area contributed by atoms with Gasteiger partial charge in [0.1, 0.15) is 5.75 Å². The van der Waals surface area contributed by atoms with Gasteiger partial charge in [0.05, 0.1) is 34.6 Å². The maximum atomic E-state index is 12.0. The third-order valence-corrected chi connectivity index (χ3v) is 3.67. The molecule has 0 aliphatic rings. The molecule has 0 aromatic heterocycles. The third kappa shape index (κ3) is 4.29. The van der Waals surface area contributed by atoms with Crippen molar-refractivity contribution in [2.75, 3.05) is 23.8 Å². The molecule has 4 nitrogen and oxygen atoms in total. The number of carbonyl (C=O) groups excluding carboxylic acids is 1.